The number of halogens is 1. The Morgan fingerprint density at radius 2 is 1.96 bits per heavy atom. The van der Waals surface area contributed by atoms with Crippen molar-refractivity contribution in [1.29, 1.82) is 0 Å². The zero-order chi connectivity index (χ0) is 18.8. The summed E-state index contributed by atoms with van der Waals surface area (Å²) in [5.41, 5.74) is 3.24. The van der Waals surface area contributed by atoms with E-state index in [-0.39, 0.29) is 11.9 Å². The third-order valence-corrected chi connectivity index (χ3v) is 5.45. The summed E-state index contributed by atoms with van der Waals surface area (Å²) in [6.07, 6.45) is 2.91. The molecule has 4 rings (SSSR count). The zero-order valence-corrected chi connectivity index (χ0v) is 16.1. The normalized spacial score (nSPS) is 18.1. The van der Waals surface area contributed by atoms with E-state index in [0.29, 0.717) is 42.0 Å². The van der Waals surface area contributed by atoms with Crippen LogP contribution in [0.25, 0.3) is 0 Å². The summed E-state index contributed by atoms with van der Waals surface area (Å²) in [6, 6.07) is 12.2. The Kier molecular flexibility index (Phi) is 5.23. The molecule has 27 heavy (non-hydrogen) atoms. The highest BCUT2D eigenvalue weighted by molar-refractivity contribution is 6.34. The number of amides is 1. The lowest BCUT2D eigenvalue weighted by Gasteiger charge is -2.24. The molecule has 1 heterocycles. The molecule has 0 saturated heterocycles. The molecule has 0 spiro atoms. The summed E-state index contributed by atoms with van der Waals surface area (Å²) < 4.78 is 11.3. The van der Waals surface area contributed by atoms with E-state index in [1.54, 1.807) is 12.1 Å². The van der Waals surface area contributed by atoms with Crippen LogP contribution >= 0.6 is 11.6 Å². The van der Waals surface area contributed by atoms with Crippen molar-refractivity contribution in [1.82, 2.24) is 4.90 Å². The standard InChI is InChI=1S/C21H23ClN2O3/c1-24(18-8-7-14-5-2-3-6-15(14)18)13-21(25)23-17-12-20-19(11-16(17)22)26-9-4-10-27-20/h2-3,5-6,11-12,18H,4,7-10,13H2,1H3,(H,23,25). The molecule has 2 aliphatic rings. The topological polar surface area (TPSA) is 50.8 Å². The second-order valence-electron chi connectivity index (χ2n) is 7.05. The lowest BCUT2D eigenvalue weighted by molar-refractivity contribution is -0.117. The number of carbonyl (C=O) groups excluding carboxylic acids is 1. The number of hydrogen-bond donors (Lipinski definition) is 1. The predicted octanol–water partition coefficient (Wildman–Crippen LogP) is 4.06. The fourth-order valence-electron chi connectivity index (χ4n) is 3.80. The second kappa shape index (κ2) is 7.79. The Morgan fingerprint density at radius 3 is 2.78 bits per heavy atom. The van der Waals surface area contributed by atoms with E-state index >= 15 is 0 Å². The Balaban J connectivity index is 1.43. The van der Waals surface area contributed by atoms with Crippen LogP contribution in [0.4, 0.5) is 5.69 Å². The number of benzene rings is 2. The number of likely N-dealkylation sites (N-methyl/N-ethyl adjacent to an activating group) is 1. The van der Waals surface area contributed by atoms with Gasteiger partial charge in [0.05, 0.1) is 30.5 Å². The Morgan fingerprint density at radius 1 is 1.22 bits per heavy atom. The first-order chi connectivity index (χ1) is 13.1. The molecule has 0 fully saturated rings. The number of rotatable bonds is 4. The molecule has 0 bridgehead atoms. The molecule has 0 aromatic heterocycles. The van der Waals surface area contributed by atoms with Crippen LogP contribution < -0.4 is 14.8 Å². The monoisotopic (exact) mass is 386 g/mol. The van der Waals surface area contributed by atoms with Crippen LogP contribution in [0.2, 0.25) is 5.02 Å². The van der Waals surface area contributed by atoms with E-state index in [9.17, 15) is 4.79 Å². The maximum atomic E-state index is 12.6. The molecule has 1 N–H and O–H groups in total. The Labute approximate surface area is 164 Å². The van der Waals surface area contributed by atoms with Crippen molar-refractivity contribution in [2.75, 3.05) is 32.1 Å². The van der Waals surface area contributed by atoms with Gasteiger partial charge in [0.25, 0.3) is 0 Å². The average Bonchev–Trinajstić information content (AvgIpc) is 2.96. The first-order valence-electron chi connectivity index (χ1n) is 9.29. The number of anilines is 1. The van der Waals surface area contributed by atoms with Crippen LogP contribution in [0.15, 0.2) is 36.4 Å². The van der Waals surface area contributed by atoms with Gasteiger partial charge < -0.3 is 14.8 Å². The highest BCUT2D eigenvalue weighted by atomic mass is 35.5. The van der Waals surface area contributed by atoms with Crippen molar-refractivity contribution in [2.24, 2.45) is 0 Å². The number of fused-ring (bicyclic) bond motifs is 2. The maximum absolute atomic E-state index is 12.6. The van der Waals surface area contributed by atoms with Crippen molar-refractivity contribution in [2.45, 2.75) is 25.3 Å². The molecule has 5 nitrogen and oxygen atoms in total. The van der Waals surface area contributed by atoms with Crippen molar-refractivity contribution >= 4 is 23.2 Å². The smallest absolute Gasteiger partial charge is 0.238 e. The molecule has 0 radical (unpaired) electrons. The minimum Gasteiger partial charge on any atom is -0.490 e. The molecular weight excluding hydrogens is 364 g/mol. The summed E-state index contributed by atoms with van der Waals surface area (Å²) >= 11 is 6.33. The minimum atomic E-state index is -0.0988. The number of carbonyl (C=O) groups is 1. The van der Waals surface area contributed by atoms with E-state index < -0.39 is 0 Å². The maximum Gasteiger partial charge on any atom is 0.238 e. The van der Waals surface area contributed by atoms with Gasteiger partial charge in [-0.1, -0.05) is 35.9 Å². The van der Waals surface area contributed by atoms with Gasteiger partial charge in [-0.15, -0.1) is 0 Å². The zero-order valence-electron chi connectivity index (χ0n) is 15.3. The number of aryl methyl sites for hydroxylation is 1. The lowest BCUT2D eigenvalue weighted by atomic mass is 10.1. The molecule has 6 heteroatoms. The van der Waals surface area contributed by atoms with Gasteiger partial charge in [-0.3, -0.25) is 9.69 Å². The largest absolute Gasteiger partial charge is 0.490 e. The molecule has 142 valence electrons. The molecule has 1 atom stereocenters. The molecule has 2 aromatic carbocycles. The quantitative estimate of drug-likeness (QED) is 0.860. The van der Waals surface area contributed by atoms with Gasteiger partial charge in [0, 0.05) is 24.6 Å². The fourth-order valence-corrected chi connectivity index (χ4v) is 4.00. The van der Waals surface area contributed by atoms with Gasteiger partial charge in [-0.2, -0.15) is 0 Å². The second-order valence-corrected chi connectivity index (χ2v) is 7.45. The van der Waals surface area contributed by atoms with E-state index in [1.165, 1.54) is 11.1 Å². The van der Waals surface area contributed by atoms with Crippen molar-refractivity contribution in [3.8, 4) is 11.5 Å². The van der Waals surface area contributed by atoms with Crippen molar-refractivity contribution in [3.63, 3.8) is 0 Å². The molecule has 1 unspecified atom stereocenters. The molecule has 1 amide bonds. The van der Waals surface area contributed by atoms with Crippen LogP contribution in [-0.4, -0.2) is 37.6 Å². The number of nitrogens with one attached hydrogen (secondary N) is 1. The summed E-state index contributed by atoms with van der Waals surface area (Å²) in [5.74, 6) is 1.14. The number of nitrogens with zero attached hydrogens (tertiary/aromatic N) is 1. The van der Waals surface area contributed by atoms with Crippen molar-refractivity contribution in [3.05, 3.63) is 52.5 Å². The SMILES string of the molecule is CN(CC(=O)Nc1cc2c(cc1Cl)OCCCO2)C1CCc2ccccc21. The van der Waals surface area contributed by atoms with Gasteiger partial charge in [-0.05, 0) is 31.0 Å². The first kappa shape index (κ1) is 18.1. The highest BCUT2D eigenvalue weighted by Gasteiger charge is 2.26. The molecule has 1 aliphatic heterocycles. The van der Waals surface area contributed by atoms with Crippen LogP contribution in [0.1, 0.15) is 30.0 Å². The van der Waals surface area contributed by atoms with Gasteiger partial charge in [-0.25, -0.2) is 0 Å². The third kappa shape index (κ3) is 3.89. The summed E-state index contributed by atoms with van der Waals surface area (Å²) in [6.45, 7) is 1.48. The highest BCUT2D eigenvalue weighted by Crippen LogP contribution is 2.38. The van der Waals surface area contributed by atoms with Gasteiger partial charge in [0.2, 0.25) is 5.91 Å². The summed E-state index contributed by atoms with van der Waals surface area (Å²) in [7, 11) is 1.99. The number of ether oxygens (including phenoxy) is 2. The van der Waals surface area contributed by atoms with Gasteiger partial charge in [0.1, 0.15) is 0 Å². The minimum absolute atomic E-state index is 0.0988. The van der Waals surface area contributed by atoms with Crippen LogP contribution in [0, 0.1) is 0 Å². The van der Waals surface area contributed by atoms with Gasteiger partial charge in [0.15, 0.2) is 11.5 Å². The summed E-state index contributed by atoms with van der Waals surface area (Å²) in [5, 5.41) is 3.36. The summed E-state index contributed by atoms with van der Waals surface area (Å²) in [4.78, 5) is 14.7. The fraction of sp³-hybridized carbons (Fsp3) is 0.381. The molecule has 1 aliphatic carbocycles. The molecule has 2 aromatic rings. The van der Waals surface area contributed by atoms with Crippen LogP contribution in [0.3, 0.4) is 0 Å². The van der Waals surface area contributed by atoms with E-state index in [1.807, 2.05) is 7.05 Å². The molecular formula is C21H23ClN2O3. The lowest BCUT2D eigenvalue weighted by Crippen LogP contribution is -2.32. The van der Waals surface area contributed by atoms with E-state index in [0.717, 1.165) is 19.3 Å². The van der Waals surface area contributed by atoms with Crippen molar-refractivity contribution < 1.29 is 14.3 Å². The molecule has 0 saturated carbocycles. The van der Waals surface area contributed by atoms with E-state index in [2.05, 4.69) is 34.5 Å². The van der Waals surface area contributed by atoms with E-state index in [4.69, 9.17) is 21.1 Å². The third-order valence-electron chi connectivity index (χ3n) is 5.14. The van der Waals surface area contributed by atoms with Crippen LogP contribution in [0.5, 0.6) is 11.5 Å². The average molecular weight is 387 g/mol. The van der Waals surface area contributed by atoms with Crippen LogP contribution in [-0.2, 0) is 11.2 Å². The predicted molar refractivity (Wildman–Crippen MR) is 106 cm³/mol. The van der Waals surface area contributed by atoms with Gasteiger partial charge >= 0.3 is 0 Å². The first-order valence-corrected chi connectivity index (χ1v) is 9.66. The Hall–Kier alpha value is -2.24. The Bertz CT molecular complexity index is 855. The number of hydrogen-bond acceptors (Lipinski definition) is 4.